The zero-order valence-electron chi connectivity index (χ0n) is 32.9. The molecule has 13 heteroatoms. The number of carbonyl (C=O) groups excluding carboxylic acids is 6. The van der Waals surface area contributed by atoms with Gasteiger partial charge in [0.25, 0.3) is 5.91 Å². The van der Waals surface area contributed by atoms with Crippen LogP contribution in [0.1, 0.15) is 120 Å². The zero-order valence-corrected chi connectivity index (χ0v) is 32.9. The number of amides is 8. The van der Waals surface area contributed by atoms with E-state index in [1.54, 1.807) is 4.90 Å². The lowest BCUT2D eigenvalue weighted by atomic mass is 9.43. The summed E-state index contributed by atoms with van der Waals surface area (Å²) >= 11 is 0. The summed E-state index contributed by atoms with van der Waals surface area (Å²) in [6, 6.07) is -3.17. The van der Waals surface area contributed by atoms with Gasteiger partial charge in [0, 0.05) is 25.7 Å². The highest BCUT2D eigenvalue weighted by atomic mass is 16.2. The number of nitrogens with one attached hydrogen (secondary N) is 4. The number of hydrazine groups is 1. The van der Waals surface area contributed by atoms with E-state index in [-0.39, 0.29) is 59.5 Å². The fourth-order valence-electron chi connectivity index (χ4n) is 10.1. The molecule has 2 aliphatic heterocycles. The van der Waals surface area contributed by atoms with Crippen LogP contribution in [0.5, 0.6) is 0 Å². The molecule has 6 rings (SSSR count). The second kappa shape index (κ2) is 13.5. The van der Waals surface area contributed by atoms with Gasteiger partial charge in [0.2, 0.25) is 17.7 Å². The van der Waals surface area contributed by atoms with Gasteiger partial charge in [0.1, 0.15) is 12.1 Å². The van der Waals surface area contributed by atoms with Gasteiger partial charge in [-0.1, -0.05) is 81.6 Å². The molecular weight excluding hydrogens is 662 g/mol. The maximum absolute atomic E-state index is 14.5. The molecule has 6 fully saturated rings. The minimum absolute atomic E-state index is 0.0725. The molecule has 290 valence electrons. The van der Waals surface area contributed by atoms with Gasteiger partial charge in [-0.15, -0.1) is 0 Å². The van der Waals surface area contributed by atoms with Gasteiger partial charge >= 0.3 is 12.1 Å². The molecular formula is C39H63N7O6. The molecule has 3 unspecified atom stereocenters. The third kappa shape index (κ3) is 6.56. The van der Waals surface area contributed by atoms with Crippen LogP contribution in [0, 0.1) is 45.3 Å². The van der Waals surface area contributed by atoms with E-state index in [4.69, 9.17) is 0 Å². The fraction of sp³-hybridized carbons (Fsp3) is 0.846. The molecule has 4 aliphatic carbocycles. The van der Waals surface area contributed by atoms with Gasteiger partial charge in [0.15, 0.2) is 0 Å². The van der Waals surface area contributed by atoms with Crippen LogP contribution >= 0.6 is 0 Å². The van der Waals surface area contributed by atoms with Crippen molar-refractivity contribution < 1.29 is 28.8 Å². The molecule has 52 heavy (non-hydrogen) atoms. The summed E-state index contributed by atoms with van der Waals surface area (Å²) in [4.78, 5) is 85.6. The van der Waals surface area contributed by atoms with E-state index in [1.165, 1.54) is 9.91 Å². The third-order valence-corrected chi connectivity index (χ3v) is 13.7. The van der Waals surface area contributed by atoms with Gasteiger partial charge in [0.05, 0.1) is 17.4 Å². The standard InChI is InChI=1S/C39H63N7O6/c1-10-18-46(35(52)40-23-14-12-11-13-15-23)43-30(47)28-27-25(38(27,8)9)20-44(28)32(49)29(37(5,6)7)42-34(51)41-26(36(2,3)4)21-45-31(48)24-19-22-16-17-39(22,24)33(45)50/h22-29H,10-21H2,1-9H3,(H,40,52)(H,43,47)(H2,41,42,51)/t22?,24?,25-,26+,27-,28-,29+,39?/m0/s1. The van der Waals surface area contributed by atoms with E-state index in [0.29, 0.717) is 25.4 Å². The average Bonchev–Trinajstić information content (AvgIpc) is 3.31. The Morgan fingerprint density at radius 3 is 2.15 bits per heavy atom. The Morgan fingerprint density at radius 2 is 1.62 bits per heavy atom. The quantitative estimate of drug-likeness (QED) is 0.206. The Balaban J connectivity index is 1.15. The first-order valence-corrected chi connectivity index (χ1v) is 19.8. The number of fused-ring (bicyclic) bond motifs is 1. The van der Waals surface area contributed by atoms with Crippen LogP contribution in [-0.2, 0) is 19.2 Å². The van der Waals surface area contributed by atoms with Gasteiger partial charge in [-0.2, -0.15) is 0 Å². The molecule has 2 saturated heterocycles. The summed E-state index contributed by atoms with van der Waals surface area (Å²) in [6.07, 6.45) is 8.30. The van der Waals surface area contributed by atoms with Crippen LogP contribution in [0.2, 0.25) is 0 Å². The number of hydrogen-bond acceptors (Lipinski definition) is 6. The summed E-state index contributed by atoms with van der Waals surface area (Å²) in [7, 11) is 0. The van der Waals surface area contributed by atoms with Crippen LogP contribution in [-0.4, -0.2) is 94.3 Å². The fourth-order valence-corrected chi connectivity index (χ4v) is 10.1. The predicted octanol–water partition coefficient (Wildman–Crippen LogP) is 4.17. The lowest BCUT2D eigenvalue weighted by Gasteiger charge is -2.57. The van der Waals surface area contributed by atoms with Crippen molar-refractivity contribution in [2.45, 2.75) is 144 Å². The van der Waals surface area contributed by atoms with Crippen molar-refractivity contribution >= 4 is 35.7 Å². The average molecular weight is 726 g/mol. The predicted molar refractivity (Wildman–Crippen MR) is 195 cm³/mol. The number of piperidine rings is 1. The SMILES string of the molecule is CCCN(NC(=O)[C@@H]1[C@@H]2[C@H](CN1C(=O)[C@@H](NC(=O)N[C@H](CN1C(=O)C3CC4CCC43C1=O)C(C)(C)C)C(C)(C)C)C2(C)C)C(=O)NC1CCCCC1. The highest BCUT2D eigenvalue weighted by Gasteiger charge is 2.74. The van der Waals surface area contributed by atoms with E-state index in [9.17, 15) is 28.8 Å². The highest BCUT2D eigenvalue weighted by molar-refractivity contribution is 6.09. The Bertz CT molecular complexity index is 1480. The Kier molecular flexibility index (Phi) is 9.94. The minimum Gasteiger partial charge on any atom is -0.334 e. The van der Waals surface area contributed by atoms with Crippen molar-refractivity contribution in [3.8, 4) is 0 Å². The molecule has 0 aromatic carbocycles. The maximum atomic E-state index is 14.5. The molecule has 1 spiro atoms. The first-order valence-electron chi connectivity index (χ1n) is 19.8. The van der Waals surface area contributed by atoms with Gasteiger partial charge < -0.3 is 20.9 Å². The maximum Gasteiger partial charge on any atom is 0.336 e. The summed E-state index contributed by atoms with van der Waals surface area (Å²) < 4.78 is 0. The van der Waals surface area contributed by atoms with Crippen molar-refractivity contribution in [2.24, 2.45) is 45.3 Å². The molecule has 0 bridgehead atoms. The Morgan fingerprint density at radius 1 is 0.942 bits per heavy atom. The Labute approximate surface area is 309 Å². The van der Waals surface area contributed by atoms with Crippen molar-refractivity contribution in [3.63, 3.8) is 0 Å². The number of likely N-dealkylation sites (tertiary alicyclic amines) is 2. The van der Waals surface area contributed by atoms with E-state index >= 15 is 0 Å². The second-order valence-corrected chi connectivity index (χ2v) is 19.5. The molecule has 8 atom stereocenters. The second-order valence-electron chi connectivity index (χ2n) is 19.5. The minimum atomic E-state index is -0.981. The van der Waals surface area contributed by atoms with Crippen LogP contribution in [0.4, 0.5) is 9.59 Å². The van der Waals surface area contributed by atoms with Crippen molar-refractivity contribution in [1.82, 2.24) is 36.2 Å². The largest absolute Gasteiger partial charge is 0.336 e. The lowest BCUT2D eigenvalue weighted by Crippen LogP contribution is -2.63. The van der Waals surface area contributed by atoms with E-state index in [1.807, 2.05) is 48.5 Å². The van der Waals surface area contributed by atoms with E-state index in [2.05, 4.69) is 35.2 Å². The summed E-state index contributed by atoms with van der Waals surface area (Å²) in [5.41, 5.74) is 0.985. The van der Waals surface area contributed by atoms with E-state index in [0.717, 1.165) is 51.4 Å². The first-order chi connectivity index (χ1) is 24.2. The smallest absolute Gasteiger partial charge is 0.334 e. The number of imide groups is 1. The summed E-state index contributed by atoms with van der Waals surface area (Å²) in [5, 5.41) is 10.4. The molecule has 0 aromatic heterocycles. The molecule has 4 saturated carbocycles. The Hall–Kier alpha value is -3.38. The molecule has 0 radical (unpaired) electrons. The van der Waals surface area contributed by atoms with Crippen molar-refractivity contribution in [1.29, 1.82) is 0 Å². The van der Waals surface area contributed by atoms with Gasteiger partial charge in [-0.05, 0) is 72.5 Å². The van der Waals surface area contributed by atoms with Crippen molar-refractivity contribution in [3.05, 3.63) is 0 Å². The molecule has 6 aliphatic rings. The number of carbonyl (C=O) groups is 6. The topological polar surface area (TPSA) is 160 Å². The van der Waals surface area contributed by atoms with Crippen LogP contribution in [0.15, 0.2) is 0 Å². The molecule has 0 aromatic rings. The highest BCUT2D eigenvalue weighted by Crippen LogP contribution is 2.68. The molecule has 8 amide bonds. The van der Waals surface area contributed by atoms with E-state index < -0.39 is 46.3 Å². The molecule has 2 heterocycles. The third-order valence-electron chi connectivity index (χ3n) is 13.7. The molecule has 4 N–H and O–H groups in total. The lowest BCUT2D eigenvalue weighted by molar-refractivity contribution is -0.166. The van der Waals surface area contributed by atoms with Crippen LogP contribution in [0.25, 0.3) is 0 Å². The van der Waals surface area contributed by atoms with Gasteiger partial charge in [-0.3, -0.25) is 29.5 Å². The normalized spacial score (nSPS) is 31.6. The van der Waals surface area contributed by atoms with Crippen LogP contribution in [0.3, 0.4) is 0 Å². The number of hydrogen-bond donors (Lipinski definition) is 4. The monoisotopic (exact) mass is 725 g/mol. The number of rotatable bonds is 9. The zero-order chi connectivity index (χ0) is 38.1. The van der Waals surface area contributed by atoms with Crippen LogP contribution < -0.4 is 21.4 Å². The first kappa shape index (κ1) is 38.3. The van der Waals surface area contributed by atoms with Gasteiger partial charge in [-0.25, -0.2) is 14.6 Å². The summed E-state index contributed by atoms with van der Waals surface area (Å²) in [6.45, 7) is 18.4. The number of nitrogens with zero attached hydrogens (tertiary/aromatic N) is 3. The number of urea groups is 2. The molecule has 13 nitrogen and oxygen atoms in total. The van der Waals surface area contributed by atoms with Crippen molar-refractivity contribution in [2.75, 3.05) is 19.6 Å². The summed E-state index contributed by atoms with van der Waals surface area (Å²) in [5.74, 6) is -0.905.